The van der Waals surface area contributed by atoms with Gasteiger partial charge in [0.1, 0.15) is 5.75 Å². The minimum absolute atomic E-state index is 0.164. The molecule has 0 saturated heterocycles. The van der Waals surface area contributed by atoms with Crippen LogP contribution in [0.15, 0.2) is 34.9 Å². The van der Waals surface area contributed by atoms with Crippen molar-refractivity contribution in [2.24, 2.45) is 0 Å². The van der Waals surface area contributed by atoms with Gasteiger partial charge in [0.25, 0.3) is 0 Å². The first-order valence-electron chi connectivity index (χ1n) is 7.26. The standard InChI is InChI=1S/C16H22N2O3/c1-3-13-9-15(21-17-13)10-18(4-2)11-16(20)12-6-5-7-14(19)8-12/h5-9,16,19-20H,3-4,10-11H2,1-2H3/t16-/m0/s1. The van der Waals surface area contributed by atoms with Gasteiger partial charge >= 0.3 is 0 Å². The highest BCUT2D eigenvalue weighted by atomic mass is 16.5. The van der Waals surface area contributed by atoms with Gasteiger partial charge in [-0.05, 0) is 30.7 Å². The van der Waals surface area contributed by atoms with Crippen molar-refractivity contribution in [3.8, 4) is 5.75 Å². The molecule has 5 heteroatoms. The van der Waals surface area contributed by atoms with Crippen LogP contribution in [0.2, 0.25) is 0 Å². The highest BCUT2D eigenvalue weighted by Gasteiger charge is 2.15. The van der Waals surface area contributed by atoms with Crippen LogP contribution < -0.4 is 0 Å². The lowest BCUT2D eigenvalue weighted by molar-refractivity contribution is 0.106. The summed E-state index contributed by atoms with van der Waals surface area (Å²) in [6, 6.07) is 8.66. The molecule has 2 aromatic rings. The van der Waals surface area contributed by atoms with Crippen molar-refractivity contribution >= 4 is 0 Å². The summed E-state index contributed by atoms with van der Waals surface area (Å²) in [5, 5.41) is 23.7. The molecule has 0 saturated carbocycles. The molecule has 0 aliphatic heterocycles. The van der Waals surface area contributed by atoms with Crippen LogP contribution in [-0.4, -0.2) is 33.4 Å². The maximum absolute atomic E-state index is 10.3. The van der Waals surface area contributed by atoms with Crippen LogP contribution in [0, 0.1) is 0 Å². The molecule has 0 radical (unpaired) electrons. The van der Waals surface area contributed by atoms with E-state index in [2.05, 4.69) is 10.1 Å². The third kappa shape index (κ3) is 4.31. The number of aromatic hydroxyl groups is 1. The number of hydrogen-bond acceptors (Lipinski definition) is 5. The van der Waals surface area contributed by atoms with Crippen LogP contribution in [0.25, 0.3) is 0 Å². The summed E-state index contributed by atoms with van der Waals surface area (Å²) < 4.78 is 5.28. The summed E-state index contributed by atoms with van der Waals surface area (Å²) in [5.74, 6) is 0.967. The molecule has 2 N–H and O–H groups in total. The second-order valence-corrected chi connectivity index (χ2v) is 5.08. The molecule has 0 bridgehead atoms. The van der Waals surface area contributed by atoms with Crippen LogP contribution in [0.1, 0.15) is 37.0 Å². The molecule has 0 fully saturated rings. The molecular weight excluding hydrogens is 268 g/mol. The Morgan fingerprint density at radius 2 is 2.10 bits per heavy atom. The Labute approximate surface area is 124 Å². The topological polar surface area (TPSA) is 69.7 Å². The zero-order valence-electron chi connectivity index (χ0n) is 12.5. The number of hydrogen-bond donors (Lipinski definition) is 2. The van der Waals surface area contributed by atoms with E-state index in [1.807, 2.05) is 26.0 Å². The van der Waals surface area contributed by atoms with E-state index in [-0.39, 0.29) is 5.75 Å². The number of aliphatic hydroxyl groups excluding tert-OH is 1. The Morgan fingerprint density at radius 3 is 2.71 bits per heavy atom. The summed E-state index contributed by atoms with van der Waals surface area (Å²) in [4.78, 5) is 2.08. The average Bonchev–Trinajstić information content (AvgIpc) is 2.94. The van der Waals surface area contributed by atoms with Gasteiger partial charge in [-0.3, -0.25) is 4.90 Å². The average molecular weight is 290 g/mol. The lowest BCUT2D eigenvalue weighted by atomic mass is 10.1. The van der Waals surface area contributed by atoms with Gasteiger partial charge in [-0.1, -0.05) is 31.1 Å². The molecular formula is C16H22N2O3. The van der Waals surface area contributed by atoms with E-state index in [0.717, 1.165) is 24.4 Å². The van der Waals surface area contributed by atoms with E-state index in [1.54, 1.807) is 18.2 Å². The number of aryl methyl sites for hydroxylation is 1. The van der Waals surface area contributed by atoms with Crippen LogP contribution in [0.5, 0.6) is 5.75 Å². The van der Waals surface area contributed by atoms with Gasteiger partial charge in [-0.25, -0.2) is 0 Å². The van der Waals surface area contributed by atoms with E-state index >= 15 is 0 Å². The Balaban J connectivity index is 1.98. The number of phenolic OH excluding ortho intramolecular Hbond substituents is 1. The van der Waals surface area contributed by atoms with Crippen molar-refractivity contribution in [1.29, 1.82) is 0 Å². The second kappa shape index (κ2) is 7.24. The van der Waals surface area contributed by atoms with E-state index in [4.69, 9.17) is 4.52 Å². The number of aliphatic hydroxyl groups is 1. The monoisotopic (exact) mass is 290 g/mol. The normalized spacial score (nSPS) is 12.8. The van der Waals surface area contributed by atoms with Crippen molar-refractivity contribution in [1.82, 2.24) is 10.1 Å². The Hall–Kier alpha value is -1.85. The Kier molecular flexibility index (Phi) is 5.36. The minimum Gasteiger partial charge on any atom is -0.508 e. The van der Waals surface area contributed by atoms with E-state index in [1.165, 1.54) is 0 Å². The van der Waals surface area contributed by atoms with Gasteiger partial charge in [-0.15, -0.1) is 0 Å². The molecule has 5 nitrogen and oxygen atoms in total. The zero-order valence-corrected chi connectivity index (χ0v) is 12.5. The van der Waals surface area contributed by atoms with Crippen molar-refractivity contribution in [2.75, 3.05) is 13.1 Å². The number of aromatic nitrogens is 1. The third-order valence-corrected chi connectivity index (χ3v) is 3.48. The summed E-state index contributed by atoms with van der Waals surface area (Å²) >= 11 is 0. The van der Waals surface area contributed by atoms with Crippen molar-refractivity contribution in [2.45, 2.75) is 32.9 Å². The third-order valence-electron chi connectivity index (χ3n) is 3.48. The van der Waals surface area contributed by atoms with Gasteiger partial charge in [0.15, 0.2) is 5.76 Å². The molecule has 0 amide bonds. The SMILES string of the molecule is CCc1cc(CN(CC)C[C@H](O)c2cccc(O)c2)on1. The first-order valence-corrected chi connectivity index (χ1v) is 7.26. The summed E-state index contributed by atoms with van der Waals surface area (Å²) in [7, 11) is 0. The molecule has 2 rings (SSSR count). The van der Waals surface area contributed by atoms with Crippen LogP contribution >= 0.6 is 0 Å². The first-order chi connectivity index (χ1) is 10.1. The highest BCUT2D eigenvalue weighted by Crippen LogP contribution is 2.20. The van der Waals surface area contributed by atoms with Gasteiger partial charge in [0, 0.05) is 12.6 Å². The Bertz CT molecular complexity index is 568. The van der Waals surface area contributed by atoms with Crippen LogP contribution in [0.3, 0.4) is 0 Å². The molecule has 0 aliphatic carbocycles. The molecule has 21 heavy (non-hydrogen) atoms. The fourth-order valence-electron chi connectivity index (χ4n) is 2.20. The molecule has 1 aromatic heterocycles. The quantitative estimate of drug-likeness (QED) is 0.820. The highest BCUT2D eigenvalue weighted by molar-refractivity contribution is 5.28. The predicted molar refractivity (Wildman–Crippen MR) is 79.9 cm³/mol. The molecule has 1 atom stereocenters. The van der Waals surface area contributed by atoms with Gasteiger partial charge in [0.05, 0.1) is 18.3 Å². The molecule has 114 valence electrons. The van der Waals surface area contributed by atoms with Gasteiger partial charge in [-0.2, -0.15) is 0 Å². The molecule has 1 aromatic carbocycles. The zero-order chi connectivity index (χ0) is 15.2. The smallest absolute Gasteiger partial charge is 0.150 e. The van der Waals surface area contributed by atoms with Crippen LogP contribution in [0.4, 0.5) is 0 Å². The maximum Gasteiger partial charge on any atom is 0.150 e. The van der Waals surface area contributed by atoms with Gasteiger partial charge in [0.2, 0.25) is 0 Å². The van der Waals surface area contributed by atoms with Crippen molar-refractivity contribution in [3.63, 3.8) is 0 Å². The minimum atomic E-state index is -0.648. The Morgan fingerprint density at radius 1 is 1.29 bits per heavy atom. The second-order valence-electron chi connectivity index (χ2n) is 5.08. The number of rotatable bonds is 7. The van der Waals surface area contributed by atoms with Gasteiger partial charge < -0.3 is 14.7 Å². The number of benzene rings is 1. The van der Waals surface area contributed by atoms with E-state index < -0.39 is 6.10 Å². The fourth-order valence-corrected chi connectivity index (χ4v) is 2.20. The van der Waals surface area contributed by atoms with Crippen LogP contribution in [-0.2, 0) is 13.0 Å². The fraction of sp³-hybridized carbons (Fsp3) is 0.438. The number of likely N-dealkylation sites (N-methyl/N-ethyl adjacent to an activating group) is 1. The summed E-state index contributed by atoms with van der Waals surface area (Å²) in [5.41, 5.74) is 1.65. The molecule has 0 aliphatic rings. The molecule has 1 heterocycles. The van der Waals surface area contributed by atoms with Crippen molar-refractivity contribution < 1.29 is 14.7 Å². The largest absolute Gasteiger partial charge is 0.508 e. The lowest BCUT2D eigenvalue weighted by Gasteiger charge is -2.22. The lowest BCUT2D eigenvalue weighted by Crippen LogP contribution is -2.28. The number of phenols is 1. The van der Waals surface area contributed by atoms with Crippen molar-refractivity contribution in [3.05, 3.63) is 47.3 Å². The van der Waals surface area contributed by atoms with E-state index in [9.17, 15) is 10.2 Å². The first kappa shape index (κ1) is 15.5. The molecule has 0 unspecified atom stereocenters. The summed E-state index contributed by atoms with van der Waals surface area (Å²) in [6.45, 7) is 5.94. The van der Waals surface area contributed by atoms with E-state index in [0.29, 0.717) is 18.7 Å². The number of nitrogens with zero attached hydrogens (tertiary/aromatic N) is 2. The molecule has 0 spiro atoms. The maximum atomic E-state index is 10.3. The summed E-state index contributed by atoms with van der Waals surface area (Å²) in [6.07, 6.45) is 0.201. The predicted octanol–water partition coefficient (Wildman–Crippen LogP) is 2.50.